The first-order valence-corrected chi connectivity index (χ1v) is 9.03. The molecule has 1 aliphatic rings. The summed E-state index contributed by atoms with van der Waals surface area (Å²) >= 11 is 9.20. The van der Waals surface area contributed by atoms with Crippen LogP contribution in [-0.2, 0) is 14.8 Å². The van der Waals surface area contributed by atoms with Crippen molar-refractivity contribution >= 4 is 43.8 Å². The number of ether oxygens (including phenoxy) is 1. The molecule has 21 heavy (non-hydrogen) atoms. The van der Waals surface area contributed by atoms with E-state index >= 15 is 0 Å². The van der Waals surface area contributed by atoms with Crippen molar-refractivity contribution in [2.75, 3.05) is 13.7 Å². The highest BCUT2D eigenvalue weighted by Crippen LogP contribution is 2.38. The predicted octanol–water partition coefficient (Wildman–Crippen LogP) is 2.85. The molecule has 5 nitrogen and oxygen atoms in total. The van der Waals surface area contributed by atoms with E-state index in [1.165, 1.54) is 17.5 Å². The topological polar surface area (TPSA) is 63.7 Å². The van der Waals surface area contributed by atoms with Crippen molar-refractivity contribution in [1.82, 2.24) is 4.31 Å². The number of hydrogen-bond donors (Lipinski definition) is 0. The fourth-order valence-electron chi connectivity index (χ4n) is 2.42. The summed E-state index contributed by atoms with van der Waals surface area (Å²) in [5.41, 5.74) is 0. The van der Waals surface area contributed by atoms with Crippen LogP contribution < -0.4 is 4.74 Å². The predicted molar refractivity (Wildman–Crippen MR) is 83.3 cm³/mol. The SMILES string of the molecule is COc1c(Br)cc(Cl)cc1S(=O)(=O)N1CCCCC1C=O. The van der Waals surface area contributed by atoms with E-state index in [1.54, 1.807) is 6.07 Å². The molecule has 1 atom stereocenters. The lowest BCUT2D eigenvalue weighted by atomic mass is 10.1. The smallest absolute Gasteiger partial charge is 0.247 e. The van der Waals surface area contributed by atoms with E-state index in [2.05, 4.69) is 15.9 Å². The molecule has 1 saturated heterocycles. The van der Waals surface area contributed by atoms with Crippen LogP contribution in [0.2, 0.25) is 5.02 Å². The Balaban J connectivity index is 2.55. The minimum absolute atomic E-state index is 0.0295. The highest BCUT2D eigenvalue weighted by Gasteiger charge is 2.35. The third kappa shape index (κ3) is 3.26. The van der Waals surface area contributed by atoms with Crippen LogP contribution in [0.3, 0.4) is 0 Å². The van der Waals surface area contributed by atoms with Gasteiger partial charge in [0.05, 0.1) is 17.6 Å². The van der Waals surface area contributed by atoms with Gasteiger partial charge in [0.25, 0.3) is 0 Å². The molecule has 0 radical (unpaired) electrons. The van der Waals surface area contributed by atoms with Crippen LogP contribution in [0.15, 0.2) is 21.5 Å². The summed E-state index contributed by atoms with van der Waals surface area (Å²) in [6.07, 6.45) is 2.79. The fraction of sp³-hybridized carbons (Fsp3) is 0.462. The van der Waals surface area contributed by atoms with Crippen molar-refractivity contribution in [2.45, 2.75) is 30.2 Å². The molecule has 8 heteroatoms. The zero-order valence-electron chi connectivity index (χ0n) is 11.4. The summed E-state index contributed by atoms with van der Waals surface area (Å²) in [5.74, 6) is 0.189. The van der Waals surface area contributed by atoms with Gasteiger partial charge in [-0.2, -0.15) is 4.31 Å². The number of sulfonamides is 1. The Morgan fingerprint density at radius 3 is 2.76 bits per heavy atom. The molecule has 1 heterocycles. The van der Waals surface area contributed by atoms with Crippen molar-refractivity contribution in [3.8, 4) is 5.75 Å². The van der Waals surface area contributed by atoms with Gasteiger partial charge in [-0.3, -0.25) is 0 Å². The second kappa shape index (κ2) is 6.64. The molecule has 2 rings (SSSR count). The maximum Gasteiger partial charge on any atom is 0.247 e. The quantitative estimate of drug-likeness (QED) is 0.734. The van der Waals surface area contributed by atoms with Gasteiger partial charge in [-0.15, -0.1) is 0 Å². The van der Waals surface area contributed by atoms with Gasteiger partial charge in [0.15, 0.2) is 5.75 Å². The fourth-order valence-corrected chi connectivity index (χ4v) is 5.42. The van der Waals surface area contributed by atoms with Crippen molar-refractivity contribution in [3.05, 3.63) is 21.6 Å². The maximum absolute atomic E-state index is 12.8. The van der Waals surface area contributed by atoms with Crippen molar-refractivity contribution in [1.29, 1.82) is 0 Å². The first kappa shape index (κ1) is 16.7. The minimum atomic E-state index is -3.85. The van der Waals surface area contributed by atoms with Gasteiger partial charge in [0, 0.05) is 11.6 Å². The van der Waals surface area contributed by atoms with Gasteiger partial charge in [0.1, 0.15) is 11.2 Å². The first-order chi connectivity index (χ1) is 9.91. The number of carbonyl (C=O) groups excluding carboxylic acids is 1. The number of aldehydes is 1. The van der Waals surface area contributed by atoms with Crippen LogP contribution in [0, 0.1) is 0 Å². The van der Waals surface area contributed by atoms with Crippen molar-refractivity contribution in [3.63, 3.8) is 0 Å². The Morgan fingerprint density at radius 1 is 1.43 bits per heavy atom. The van der Waals surface area contributed by atoms with Crippen molar-refractivity contribution < 1.29 is 17.9 Å². The zero-order valence-corrected chi connectivity index (χ0v) is 14.5. The molecule has 1 aliphatic heterocycles. The van der Waals surface area contributed by atoms with Gasteiger partial charge in [-0.05, 0) is 40.9 Å². The minimum Gasteiger partial charge on any atom is -0.494 e. The monoisotopic (exact) mass is 395 g/mol. The van der Waals surface area contributed by atoms with Crippen LogP contribution in [0.5, 0.6) is 5.75 Å². The van der Waals surface area contributed by atoms with E-state index in [4.69, 9.17) is 16.3 Å². The lowest BCUT2D eigenvalue weighted by Gasteiger charge is -2.31. The molecule has 1 aromatic rings. The Labute approximate surface area is 137 Å². The number of methoxy groups -OCH3 is 1. The molecule has 1 fully saturated rings. The van der Waals surface area contributed by atoms with Crippen LogP contribution in [0.25, 0.3) is 0 Å². The summed E-state index contributed by atoms with van der Waals surface area (Å²) in [6.45, 7) is 0.318. The number of nitrogens with zero attached hydrogens (tertiary/aromatic N) is 1. The summed E-state index contributed by atoms with van der Waals surface area (Å²) in [5, 5.41) is 0.279. The molecule has 0 N–H and O–H groups in total. The molecule has 0 aliphatic carbocycles. The van der Waals surface area contributed by atoms with Gasteiger partial charge in [0.2, 0.25) is 10.0 Å². The summed E-state index contributed by atoms with van der Waals surface area (Å²) in [4.78, 5) is 11.1. The molecule has 0 saturated carbocycles. The van der Waals surface area contributed by atoms with Crippen LogP contribution in [-0.4, -0.2) is 38.7 Å². The van der Waals surface area contributed by atoms with E-state index in [9.17, 15) is 13.2 Å². The van der Waals surface area contributed by atoms with E-state index < -0.39 is 16.1 Å². The summed E-state index contributed by atoms with van der Waals surface area (Å²) in [6, 6.07) is 2.27. The Kier molecular flexibility index (Phi) is 5.29. The third-order valence-corrected chi connectivity index (χ3v) is 6.16. The highest BCUT2D eigenvalue weighted by atomic mass is 79.9. The highest BCUT2D eigenvalue weighted by molar-refractivity contribution is 9.10. The van der Waals surface area contributed by atoms with E-state index in [0.717, 1.165) is 12.8 Å². The maximum atomic E-state index is 12.8. The molecule has 0 bridgehead atoms. The molecule has 0 amide bonds. The number of halogens is 2. The zero-order chi connectivity index (χ0) is 15.6. The molecule has 0 aromatic heterocycles. The Morgan fingerprint density at radius 2 is 2.14 bits per heavy atom. The second-order valence-corrected chi connectivity index (χ2v) is 7.88. The average Bonchev–Trinajstić information content (AvgIpc) is 2.46. The molecule has 1 unspecified atom stereocenters. The van der Waals surface area contributed by atoms with E-state index in [1.807, 2.05) is 0 Å². The van der Waals surface area contributed by atoms with Gasteiger partial charge in [-0.25, -0.2) is 8.42 Å². The number of hydrogen-bond acceptors (Lipinski definition) is 4. The van der Waals surface area contributed by atoms with Crippen LogP contribution in [0.4, 0.5) is 0 Å². The number of benzene rings is 1. The number of piperidine rings is 1. The average molecular weight is 397 g/mol. The normalized spacial score (nSPS) is 20.2. The number of rotatable bonds is 4. The van der Waals surface area contributed by atoms with E-state index in [0.29, 0.717) is 23.7 Å². The van der Waals surface area contributed by atoms with Crippen LogP contribution in [0.1, 0.15) is 19.3 Å². The van der Waals surface area contributed by atoms with Crippen LogP contribution >= 0.6 is 27.5 Å². The largest absolute Gasteiger partial charge is 0.494 e. The van der Waals surface area contributed by atoms with Gasteiger partial charge >= 0.3 is 0 Å². The molecule has 1 aromatic carbocycles. The lowest BCUT2D eigenvalue weighted by Crippen LogP contribution is -2.44. The first-order valence-electron chi connectivity index (χ1n) is 6.42. The summed E-state index contributed by atoms with van der Waals surface area (Å²) < 4.78 is 32.6. The van der Waals surface area contributed by atoms with Crippen molar-refractivity contribution in [2.24, 2.45) is 0 Å². The Bertz CT molecular complexity index is 650. The molecular weight excluding hydrogens is 382 g/mol. The van der Waals surface area contributed by atoms with Gasteiger partial charge in [-0.1, -0.05) is 18.0 Å². The molecule has 116 valence electrons. The molecule has 0 spiro atoms. The Hall–Kier alpha value is -0.630. The van der Waals surface area contributed by atoms with Gasteiger partial charge < -0.3 is 9.53 Å². The number of carbonyl (C=O) groups is 1. The molecular formula is C13H15BrClNO4S. The second-order valence-electron chi connectivity index (χ2n) is 4.73. The standard InChI is InChI=1S/C13H15BrClNO4S/c1-20-13-11(14)6-9(15)7-12(13)21(18,19)16-5-3-2-4-10(16)8-17/h6-8,10H,2-5H2,1H3. The summed E-state index contributed by atoms with van der Waals surface area (Å²) in [7, 11) is -2.46. The third-order valence-electron chi connectivity index (χ3n) is 3.42. The van der Waals surface area contributed by atoms with E-state index in [-0.39, 0.29) is 15.7 Å². The lowest BCUT2D eigenvalue weighted by molar-refractivity contribution is -0.111.